The second-order valence-electron chi connectivity index (χ2n) is 7.71. The molecular formula is C25H23ClN3O2+. The smallest absolute Gasteiger partial charge is 0.304 e. The van der Waals surface area contributed by atoms with Crippen LogP contribution in [0.15, 0.2) is 72.8 Å². The summed E-state index contributed by atoms with van der Waals surface area (Å²) in [4.78, 5) is 25.8. The van der Waals surface area contributed by atoms with Crippen LogP contribution in [-0.4, -0.2) is 28.8 Å². The third-order valence-electron chi connectivity index (χ3n) is 5.34. The van der Waals surface area contributed by atoms with Crippen LogP contribution in [-0.2, 0) is 4.79 Å². The van der Waals surface area contributed by atoms with Gasteiger partial charge < -0.3 is 5.32 Å². The highest BCUT2D eigenvalue weighted by Gasteiger charge is 2.47. The fourth-order valence-electron chi connectivity index (χ4n) is 3.60. The second kappa shape index (κ2) is 8.74. The second-order valence-corrected chi connectivity index (χ2v) is 8.11. The number of nitrogens with zero attached hydrogens (tertiary/aromatic N) is 1. The molecule has 1 heterocycles. The van der Waals surface area contributed by atoms with Gasteiger partial charge in [-0.15, -0.1) is 10.1 Å². The molecule has 156 valence electrons. The van der Waals surface area contributed by atoms with Crippen molar-refractivity contribution in [3.63, 3.8) is 0 Å². The van der Waals surface area contributed by atoms with Gasteiger partial charge in [0.2, 0.25) is 12.3 Å². The minimum atomic E-state index is -0.768. The van der Waals surface area contributed by atoms with Crippen LogP contribution in [0.25, 0.3) is 0 Å². The SMILES string of the molecule is Cc1ccc(C(=O)N[C@@H]2C(=O)N/[N+](=C\c3ccccc3Cl)[C@H]2c2ccc(C)cc2)cc1. The van der Waals surface area contributed by atoms with Gasteiger partial charge in [0.05, 0.1) is 10.6 Å². The largest absolute Gasteiger partial charge is 0.334 e. The third kappa shape index (κ3) is 4.52. The highest BCUT2D eigenvalue weighted by molar-refractivity contribution is 6.32. The van der Waals surface area contributed by atoms with Crippen LogP contribution in [0.2, 0.25) is 5.02 Å². The van der Waals surface area contributed by atoms with Gasteiger partial charge in [-0.05, 0) is 38.1 Å². The molecule has 2 atom stereocenters. The Kier molecular flexibility index (Phi) is 5.87. The first kappa shape index (κ1) is 20.8. The fourth-order valence-corrected chi connectivity index (χ4v) is 3.79. The molecule has 6 heteroatoms. The molecule has 31 heavy (non-hydrogen) atoms. The Hall–Kier alpha value is -3.44. The first-order valence-corrected chi connectivity index (χ1v) is 10.4. The van der Waals surface area contributed by atoms with Crippen molar-refractivity contribution in [1.29, 1.82) is 0 Å². The van der Waals surface area contributed by atoms with Crippen LogP contribution in [0.4, 0.5) is 0 Å². The predicted molar refractivity (Wildman–Crippen MR) is 121 cm³/mol. The van der Waals surface area contributed by atoms with E-state index >= 15 is 0 Å². The summed E-state index contributed by atoms with van der Waals surface area (Å²) in [6.45, 7) is 3.97. The first-order chi connectivity index (χ1) is 14.9. The van der Waals surface area contributed by atoms with Crippen molar-refractivity contribution in [2.75, 3.05) is 0 Å². The Morgan fingerprint density at radius 1 is 0.968 bits per heavy atom. The van der Waals surface area contributed by atoms with E-state index < -0.39 is 12.1 Å². The molecule has 0 radical (unpaired) electrons. The van der Waals surface area contributed by atoms with Crippen molar-refractivity contribution in [1.82, 2.24) is 10.7 Å². The number of halogens is 1. The zero-order chi connectivity index (χ0) is 22.0. The number of amides is 2. The lowest BCUT2D eigenvalue weighted by Gasteiger charge is -2.15. The molecule has 3 aromatic carbocycles. The van der Waals surface area contributed by atoms with E-state index in [4.69, 9.17) is 11.6 Å². The van der Waals surface area contributed by atoms with Gasteiger partial charge in [0.15, 0.2) is 6.04 Å². The standard InChI is InChI=1S/C25H22ClN3O2/c1-16-7-11-18(12-8-16)23-22(27-24(30)19-13-9-17(2)10-14-19)25(31)28-29(23)15-20-5-3-4-6-21(20)26/h3-15,22-23H,1-2H3,(H-,27,28,30,31)/p+1/b29-15-/t22-,23-/m0/s1. The lowest BCUT2D eigenvalue weighted by atomic mass is 9.98. The molecule has 2 amide bonds. The Bertz CT molecular complexity index is 1150. The van der Waals surface area contributed by atoms with Crippen LogP contribution < -0.4 is 10.7 Å². The van der Waals surface area contributed by atoms with E-state index in [-0.39, 0.29) is 11.8 Å². The van der Waals surface area contributed by atoms with Crippen LogP contribution in [0.3, 0.4) is 0 Å². The van der Waals surface area contributed by atoms with Gasteiger partial charge in [-0.3, -0.25) is 9.59 Å². The van der Waals surface area contributed by atoms with Crippen molar-refractivity contribution in [2.24, 2.45) is 0 Å². The highest BCUT2D eigenvalue weighted by Crippen LogP contribution is 2.26. The minimum Gasteiger partial charge on any atom is -0.334 e. The monoisotopic (exact) mass is 432 g/mol. The maximum Gasteiger partial charge on any atom is 0.304 e. The fraction of sp³-hybridized carbons (Fsp3) is 0.160. The molecule has 0 aliphatic carbocycles. The third-order valence-corrected chi connectivity index (χ3v) is 5.68. The molecule has 0 aromatic heterocycles. The van der Waals surface area contributed by atoms with Crippen LogP contribution >= 0.6 is 11.6 Å². The quantitative estimate of drug-likeness (QED) is 0.613. The summed E-state index contributed by atoms with van der Waals surface area (Å²) in [5.41, 5.74) is 7.23. The predicted octanol–water partition coefficient (Wildman–Crippen LogP) is 3.97. The van der Waals surface area contributed by atoms with E-state index in [0.717, 1.165) is 22.3 Å². The lowest BCUT2D eigenvalue weighted by Crippen LogP contribution is -2.42. The number of hydrogen-bond donors (Lipinski definition) is 2. The van der Waals surface area contributed by atoms with Crippen molar-refractivity contribution >= 4 is 29.6 Å². The minimum absolute atomic E-state index is 0.283. The van der Waals surface area contributed by atoms with Crippen LogP contribution in [0, 0.1) is 13.8 Å². The van der Waals surface area contributed by atoms with Crippen molar-refractivity contribution < 1.29 is 14.3 Å². The average Bonchev–Trinajstić information content (AvgIpc) is 3.05. The van der Waals surface area contributed by atoms with Crippen LogP contribution in [0.5, 0.6) is 0 Å². The molecule has 1 fully saturated rings. The van der Waals surface area contributed by atoms with Crippen LogP contribution in [0.1, 0.15) is 38.7 Å². The lowest BCUT2D eigenvalue weighted by molar-refractivity contribution is -0.596. The van der Waals surface area contributed by atoms with Gasteiger partial charge in [0.25, 0.3) is 5.91 Å². The normalized spacial score (nSPS) is 19.3. The molecule has 0 saturated carbocycles. The molecule has 1 aliphatic rings. The molecule has 2 N–H and O–H groups in total. The summed E-state index contributed by atoms with van der Waals surface area (Å²) < 4.78 is 1.72. The summed E-state index contributed by atoms with van der Waals surface area (Å²) in [6.07, 6.45) is 1.79. The zero-order valence-electron chi connectivity index (χ0n) is 17.3. The summed E-state index contributed by atoms with van der Waals surface area (Å²) in [6, 6.07) is 21.4. The summed E-state index contributed by atoms with van der Waals surface area (Å²) in [7, 11) is 0. The van der Waals surface area contributed by atoms with Gasteiger partial charge >= 0.3 is 5.91 Å². The molecule has 3 aromatic rings. The average molecular weight is 433 g/mol. The number of nitrogens with one attached hydrogen (secondary N) is 2. The number of carbonyl (C=O) groups excluding carboxylic acids is 2. The Morgan fingerprint density at radius 3 is 2.23 bits per heavy atom. The van der Waals surface area contributed by atoms with E-state index in [1.807, 2.05) is 68.4 Å². The summed E-state index contributed by atoms with van der Waals surface area (Å²) in [5.74, 6) is -0.578. The van der Waals surface area contributed by atoms with Gasteiger partial charge in [0.1, 0.15) is 0 Å². The summed E-state index contributed by atoms with van der Waals surface area (Å²) >= 11 is 6.33. The first-order valence-electron chi connectivity index (χ1n) is 10.0. The van der Waals surface area contributed by atoms with E-state index in [1.165, 1.54) is 0 Å². The maximum atomic E-state index is 12.9. The summed E-state index contributed by atoms with van der Waals surface area (Å²) in [5, 5.41) is 3.49. The topological polar surface area (TPSA) is 61.2 Å². The Balaban J connectivity index is 1.71. The number of hydrogen-bond acceptors (Lipinski definition) is 2. The molecule has 0 spiro atoms. The maximum absolute atomic E-state index is 12.9. The van der Waals surface area contributed by atoms with Crippen molar-refractivity contribution in [3.8, 4) is 0 Å². The van der Waals surface area contributed by atoms with Gasteiger partial charge in [0, 0.05) is 11.1 Å². The molecule has 0 bridgehead atoms. The van der Waals surface area contributed by atoms with Gasteiger partial charge in [-0.1, -0.05) is 71.3 Å². The van der Waals surface area contributed by atoms with E-state index in [1.54, 1.807) is 29.1 Å². The number of benzene rings is 3. The molecular weight excluding hydrogens is 410 g/mol. The number of aryl methyl sites for hydroxylation is 2. The number of hydrazone groups is 1. The van der Waals surface area contributed by atoms with Gasteiger partial charge in [-0.2, -0.15) is 0 Å². The number of rotatable bonds is 4. The molecule has 5 nitrogen and oxygen atoms in total. The molecule has 1 saturated heterocycles. The molecule has 4 rings (SSSR count). The van der Waals surface area contributed by atoms with Crippen molar-refractivity contribution in [3.05, 3.63) is 106 Å². The van der Waals surface area contributed by atoms with Crippen molar-refractivity contribution in [2.45, 2.75) is 25.9 Å². The highest BCUT2D eigenvalue weighted by atomic mass is 35.5. The Labute approximate surface area is 186 Å². The van der Waals surface area contributed by atoms with E-state index in [2.05, 4.69) is 10.7 Å². The molecule has 0 unspecified atom stereocenters. The van der Waals surface area contributed by atoms with Gasteiger partial charge in [-0.25, -0.2) is 0 Å². The molecule has 1 aliphatic heterocycles. The van der Waals surface area contributed by atoms with E-state index in [0.29, 0.717) is 10.6 Å². The number of carbonyl (C=O) groups is 2. The number of hydrazine groups is 1. The van der Waals surface area contributed by atoms with E-state index in [9.17, 15) is 9.59 Å². The Morgan fingerprint density at radius 2 is 1.58 bits per heavy atom. The zero-order valence-corrected chi connectivity index (χ0v) is 18.1.